The summed E-state index contributed by atoms with van der Waals surface area (Å²) in [6.45, 7) is 4.44. The highest BCUT2D eigenvalue weighted by Gasteiger charge is 2.24. The maximum Gasteiger partial charge on any atom is 0.321 e. The minimum atomic E-state index is -0.0826. The third-order valence-corrected chi connectivity index (χ3v) is 4.25. The molecule has 6 heteroatoms. The third kappa shape index (κ3) is 4.01. The fourth-order valence-corrected chi connectivity index (χ4v) is 2.83. The van der Waals surface area contributed by atoms with Crippen molar-refractivity contribution in [3.8, 4) is 0 Å². The molecule has 0 atom stereocenters. The van der Waals surface area contributed by atoms with Crippen molar-refractivity contribution in [2.24, 2.45) is 5.92 Å². The number of nitrogens with zero attached hydrogens (tertiary/aromatic N) is 1. The number of benzene rings is 1. The van der Waals surface area contributed by atoms with Gasteiger partial charge in [-0.15, -0.1) is 0 Å². The molecule has 3 N–H and O–H groups in total. The third-order valence-electron chi connectivity index (χ3n) is 4.25. The lowest BCUT2D eigenvalue weighted by Crippen LogP contribution is -2.38. The summed E-state index contributed by atoms with van der Waals surface area (Å²) in [6.07, 6.45) is 3.40. The van der Waals surface area contributed by atoms with Gasteiger partial charge in [0, 0.05) is 18.8 Å². The van der Waals surface area contributed by atoms with Crippen LogP contribution in [0, 0.1) is 5.92 Å². The molecule has 1 heterocycles. The van der Waals surface area contributed by atoms with E-state index in [0.29, 0.717) is 19.6 Å². The van der Waals surface area contributed by atoms with Crippen molar-refractivity contribution < 1.29 is 9.59 Å². The summed E-state index contributed by atoms with van der Waals surface area (Å²) in [7, 11) is 0. The van der Waals surface area contributed by atoms with Crippen molar-refractivity contribution in [1.82, 2.24) is 10.6 Å². The molecule has 1 aliphatic heterocycles. The zero-order valence-electron chi connectivity index (χ0n) is 13.5. The van der Waals surface area contributed by atoms with Crippen LogP contribution in [0.1, 0.15) is 25.3 Å². The molecule has 3 amide bonds. The maximum atomic E-state index is 12.1. The van der Waals surface area contributed by atoms with Crippen LogP contribution in [0.5, 0.6) is 0 Å². The molecule has 1 aromatic carbocycles. The Bertz CT molecular complexity index is 598. The molecular weight excluding hydrogens is 292 g/mol. The number of rotatable bonds is 6. The van der Waals surface area contributed by atoms with Crippen LogP contribution in [0.2, 0.25) is 0 Å². The Labute approximate surface area is 136 Å². The fourth-order valence-electron chi connectivity index (χ4n) is 2.83. The largest absolute Gasteiger partial charge is 0.338 e. The average molecular weight is 316 g/mol. The second-order valence-corrected chi connectivity index (χ2v) is 6.20. The Hall–Kier alpha value is -2.08. The van der Waals surface area contributed by atoms with E-state index in [9.17, 15) is 9.59 Å². The molecule has 3 rings (SSSR count). The Balaban J connectivity index is 1.59. The molecule has 1 aromatic rings. The van der Waals surface area contributed by atoms with Gasteiger partial charge in [0.1, 0.15) is 0 Å². The van der Waals surface area contributed by atoms with Crippen molar-refractivity contribution in [1.29, 1.82) is 0 Å². The summed E-state index contributed by atoms with van der Waals surface area (Å²) in [6, 6.07) is 5.69. The van der Waals surface area contributed by atoms with Crippen LogP contribution in [0.25, 0.3) is 0 Å². The molecule has 6 nitrogen and oxygen atoms in total. The van der Waals surface area contributed by atoms with Gasteiger partial charge in [-0.2, -0.15) is 0 Å². The van der Waals surface area contributed by atoms with Gasteiger partial charge >= 0.3 is 6.03 Å². The Morgan fingerprint density at radius 1 is 1.30 bits per heavy atom. The smallest absolute Gasteiger partial charge is 0.321 e. The van der Waals surface area contributed by atoms with Crippen molar-refractivity contribution in [3.05, 3.63) is 23.8 Å². The molecule has 1 fully saturated rings. The normalized spacial score (nSPS) is 16.1. The highest BCUT2D eigenvalue weighted by molar-refractivity contribution is 5.97. The first-order valence-electron chi connectivity index (χ1n) is 8.36. The molecule has 0 saturated heterocycles. The predicted octanol–water partition coefficient (Wildman–Crippen LogP) is 1.72. The monoisotopic (exact) mass is 316 g/mol. The number of carbonyl (C=O) groups is 2. The van der Waals surface area contributed by atoms with Crippen LogP contribution < -0.4 is 20.9 Å². The molecule has 0 bridgehead atoms. The lowest BCUT2D eigenvalue weighted by molar-refractivity contribution is -0.115. The molecule has 0 spiro atoms. The predicted molar refractivity (Wildman–Crippen MR) is 90.8 cm³/mol. The number of hydrogen-bond acceptors (Lipinski definition) is 3. The SMILES string of the molecule is CCNC(=O)N1CCc2ccc(NC(=O)CNCC3CC3)cc21. The topological polar surface area (TPSA) is 73.5 Å². The van der Waals surface area contributed by atoms with E-state index in [1.807, 2.05) is 25.1 Å². The van der Waals surface area contributed by atoms with Crippen LogP contribution in [0.4, 0.5) is 16.2 Å². The zero-order valence-corrected chi connectivity index (χ0v) is 13.5. The molecule has 124 valence electrons. The molecule has 0 aromatic heterocycles. The van der Waals surface area contributed by atoms with Crippen molar-refractivity contribution in [2.75, 3.05) is 36.4 Å². The van der Waals surface area contributed by atoms with E-state index in [1.54, 1.807) is 4.90 Å². The lowest BCUT2D eigenvalue weighted by atomic mass is 10.1. The minimum absolute atomic E-state index is 0.0480. The highest BCUT2D eigenvalue weighted by atomic mass is 16.2. The standard InChI is InChI=1S/C17H24N4O2/c1-2-19-17(23)21-8-7-13-5-6-14(9-15(13)21)20-16(22)11-18-10-12-3-4-12/h5-6,9,12,18H,2-4,7-8,10-11H2,1H3,(H,19,23)(H,20,22). The van der Waals surface area contributed by atoms with E-state index in [2.05, 4.69) is 16.0 Å². The van der Waals surface area contributed by atoms with Gasteiger partial charge in [0.05, 0.1) is 12.2 Å². The highest BCUT2D eigenvalue weighted by Crippen LogP contribution is 2.31. The average Bonchev–Trinajstić information content (AvgIpc) is 3.25. The van der Waals surface area contributed by atoms with Crippen molar-refractivity contribution >= 4 is 23.3 Å². The quantitative estimate of drug-likeness (QED) is 0.748. The van der Waals surface area contributed by atoms with Crippen molar-refractivity contribution in [3.63, 3.8) is 0 Å². The van der Waals surface area contributed by atoms with E-state index in [0.717, 1.165) is 35.8 Å². The summed E-state index contributed by atoms with van der Waals surface area (Å²) >= 11 is 0. The van der Waals surface area contributed by atoms with Crippen LogP contribution in [-0.4, -0.2) is 38.1 Å². The second kappa shape index (κ2) is 7.00. The number of hydrogen-bond donors (Lipinski definition) is 3. The number of fused-ring (bicyclic) bond motifs is 1. The molecular formula is C17H24N4O2. The molecule has 23 heavy (non-hydrogen) atoms. The minimum Gasteiger partial charge on any atom is -0.338 e. The first kappa shape index (κ1) is 15.8. The van der Waals surface area contributed by atoms with E-state index < -0.39 is 0 Å². The molecule has 1 saturated carbocycles. The van der Waals surface area contributed by atoms with Crippen molar-refractivity contribution in [2.45, 2.75) is 26.2 Å². The Kier molecular flexibility index (Phi) is 4.81. The number of urea groups is 1. The number of amides is 3. The van der Waals surface area contributed by atoms with Gasteiger partial charge in [-0.1, -0.05) is 6.07 Å². The van der Waals surface area contributed by atoms with Crippen LogP contribution in [0.15, 0.2) is 18.2 Å². The Morgan fingerprint density at radius 3 is 2.87 bits per heavy atom. The molecule has 1 aliphatic carbocycles. The van der Waals surface area contributed by atoms with Gasteiger partial charge in [0.15, 0.2) is 0 Å². The summed E-state index contributed by atoms with van der Waals surface area (Å²) in [5, 5.41) is 8.90. The number of anilines is 2. The maximum absolute atomic E-state index is 12.1. The van der Waals surface area contributed by atoms with Gasteiger partial charge in [-0.05, 0) is 56.3 Å². The number of nitrogens with one attached hydrogen (secondary N) is 3. The van der Waals surface area contributed by atoms with E-state index in [1.165, 1.54) is 12.8 Å². The van der Waals surface area contributed by atoms with Gasteiger partial charge in [0.2, 0.25) is 5.91 Å². The summed E-state index contributed by atoms with van der Waals surface area (Å²) in [4.78, 5) is 25.8. The van der Waals surface area contributed by atoms with E-state index in [4.69, 9.17) is 0 Å². The van der Waals surface area contributed by atoms with Crippen LogP contribution >= 0.6 is 0 Å². The van der Waals surface area contributed by atoms with Gasteiger partial charge in [0.25, 0.3) is 0 Å². The van der Waals surface area contributed by atoms with Gasteiger partial charge in [-0.25, -0.2) is 4.79 Å². The Morgan fingerprint density at radius 2 is 2.13 bits per heavy atom. The van der Waals surface area contributed by atoms with Crippen LogP contribution in [-0.2, 0) is 11.2 Å². The molecule has 2 aliphatic rings. The zero-order chi connectivity index (χ0) is 16.2. The second-order valence-electron chi connectivity index (χ2n) is 6.20. The van der Waals surface area contributed by atoms with Gasteiger partial charge < -0.3 is 16.0 Å². The van der Waals surface area contributed by atoms with E-state index in [-0.39, 0.29) is 11.9 Å². The first-order valence-corrected chi connectivity index (χ1v) is 8.36. The molecule has 0 unspecified atom stereocenters. The summed E-state index contributed by atoms with van der Waals surface area (Å²) in [5.74, 6) is 0.710. The van der Waals surface area contributed by atoms with E-state index >= 15 is 0 Å². The fraction of sp³-hybridized carbons (Fsp3) is 0.529. The summed E-state index contributed by atoms with van der Waals surface area (Å²) in [5.41, 5.74) is 2.76. The molecule has 0 radical (unpaired) electrons. The van der Waals surface area contributed by atoms with Crippen LogP contribution in [0.3, 0.4) is 0 Å². The first-order chi connectivity index (χ1) is 11.2. The summed E-state index contributed by atoms with van der Waals surface area (Å²) < 4.78 is 0. The number of carbonyl (C=O) groups excluding carboxylic acids is 2. The van der Waals surface area contributed by atoms with Gasteiger partial charge in [-0.3, -0.25) is 9.69 Å². The lowest BCUT2D eigenvalue weighted by Gasteiger charge is -2.18.